The summed E-state index contributed by atoms with van der Waals surface area (Å²) in [6.07, 6.45) is 1.07. The van der Waals surface area contributed by atoms with E-state index in [1.54, 1.807) is 38.1 Å². The Hall–Kier alpha value is -2.74. The number of nitrogens with one attached hydrogen (secondary N) is 1. The van der Waals surface area contributed by atoms with Gasteiger partial charge in [-0.15, -0.1) is 0 Å². The second-order valence-electron chi connectivity index (χ2n) is 6.92. The van der Waals surface area contributed by atoms with Crippen molar-refractivity contribution in [3.8, 4) is 11.5 Å². The molecule has 2 aromatic carbocycles. The van der Waals surface area contributed by atoms with Gasteiger partial charge in [0.15, 0.2) is 0 Å². The Morgan fingerprint density at radius 1 is 1.14 bits per heavy atom. The molecule has 0 aromatic heterocycles. The lowest BCUT2D eigenvalue weighted by molar-refractivity contribution is -0.122. The normalized spacial score (nSPS) is 13.3. The van der Waals surface area contributed by atoms with Crippen molar-refractivity contribution in [1.82, 2.24) is 5.32 Å². The van der Waals surface area contributed by atoms with E-state index in [4.69, 9.17) is 9.47 Å². The summed E-state index contributed by atoms with van der Waals surface area (Å²) in [5, 5.41) is 2.82. The highest BCUT2D eigenvalue weighted by molar-refractivity contribution is 7.92. The van der Waals surface area contributed by atoms with Gasteiger partial charge in [-0.05, 0) is 44.5 Å². The van der Waals surface area contributed by atoms with E-state index in [1.165, 1.54) is 7.11 Å². The van der Waals surface area contributed by atoms with Gasteiger partial charge in [-0.2, -0.15) is 0 Å². The van der Waals surface area contributed by atoms with Crippen LogP contribution in [0.15, 0.2) is 48.5 Å². The first-order chi connectivity index (χ1) is 13.6. The van der Waals surface area contributed by atoms with Crippen LogP contribution >= 0.6 is 0 Å². The molecule has 0 fully saturated rings. The first-order valence-corrected chi connectivity index (χ1v) is 11.1. The van der Waals surface area contributed by atoms with Crippen LogP contribution in [0.5, 0.6) is 11.5 Å². The molecule has 8 heteroatoms. The van der Waals surface area contributed by atoms with Gasteiger partial charge in [0.05, 0.1) is 25.1 Å². The minimum absolute atomic E-state index is 0.265. The van der Waals surface area contributed by atoms with Crippen LogP contribution in [0, 0.1) is 6.92 Å². The third kappa shape index (κ3) is 6.12. The highest BCUT2D eigenvalue weighted by atomic mass is 32.2. The molecule has 0 aliphatic heterocycles. The number of rotatable bonds is 9. The molecule has 0 unspecified atom stereocenters. The minimum atomic E-state index is -3.70. The standard InChI is InChI=1S/C21H28N2O5S/c1-15-9-6-7-12-20(15)28-14-16(2)22-21(24)17(3)23(29(5,25)26)18-10-8-11-19(13-18)27-4/h6-13,16-17H,14H2,1-5H3,(H,22,24)/t16-,17-/m1/s1. The number of carbonyl (C=O) groups excluding carboxylic acids is 1. The van der Waals surface area contributed by atoms with Crippen molar-refractivity contribution in [2.45, 2.75) is 32.9 Å². The van der Waals surface area contributed by atoms with Gasteiger partial charge in [-0.3, -0.25) is 9.10 Å². The van der Waals surface area contributed by atoms with Crippen LogP contribution in [0.3, 0.4) is 0 Å². The first kappa shape index (κ1) is 22.5. The maximum absolute atomic E-state index is 12.7. The Morgan fingerprint density at radius 3 is 2.45 bits per heavy atom. The molecule has 158 valence electrons. The lowest BCUT2D eigenvalue weighted by atomic mass is 10.2. The van der Waals surface area contributed by atoms with E-state index in [0.29, 0.717) is 11.4 Å². The average molecular weight is 421 g/mol. The average Bonchev–Trinajstić information content (AvgIpc) is 2.66. The number of aryl methyl sites for hydroxylation is 1. The fraction of sp³-hybridized carbons (Fsp3) is 0.381. The zero-order valence-corrected chi connectivity index (χ0v) is 18.2. The highest BCUT2D eigenvalue weighted by Crippen LogP contribution is 2.25. The Bertz CT molecular complexity index is 946. The maximum atomic E-state index is 12.7. The number of amides is 1. The van der Waals surface area contributed by atoms with Crippen molar-refractivity contribution in [1.29, 1.82) is 0 Å². The summed E-state index contributed by atoms with van der Waals surface area (Å²) in [6, 6.07) is 12.9. The number of benzene rings is 2. The second kappa shape index (κ2) is 9.65. The van der Waals surface area contributed by atoms with Gasteiger partial charge < -0.3 is 14.8 Å². The van der Waals surface area contributed by atoms with Crippen molar-refractivity contribution < 1.29 is 22.7 Å². The molecule has 0 saturated heterocycles. The molecule has 1 N–H and O–H groups in total. The molecule has 0 saturated carbocycles. The molecule has 0 radical (unpaired) electrons. The topological polar surface area (TPSA) is 84.9 Å². The fourth-order valence-corrected chi connectivity index (χ4v) is 4.06. The van der Waals surface area contributed by atoms with Crippen molar-refractivity contribution in [2.24, 2.45) is 0 Å². The number of methoxy groups -OCH3 is 1. The number of carbonyl (C=O) groups is 1. The number of nitrogens with zero attached hydrogens (tertiary/aromatic N) is 1. The summed E-state index contributed by atoms with van der Waals surface area (Å²) in [6.45, 7) is 5.56. The van der Waals surface area contributed by atoms with Gasteiger partial charge in [0.1, 0.15) is 24.1 Å². The summed E-state index contributed by atoms with van der Waals surface area (Å²) in [5.74, 6) is 0.832. The molecule has 2 aromatic rings. The van der Waals surface area contributed by atoms with E-state index in [9.17, 15) is 13.2 Å². The van der Waals surface area contributed by atoms with Crippen LogP contribution in [0.2, 0.25) is 0 Å². The monoisotopic (exact) mass is 420 g/mol. The number of hydrogen-bond donors (Lipinski definition) is 1. The highest BCUT2D eigenvalue weighted by Gasteiger charge is 2.30. The zero-order chi connectivity index (χ0) is 21.6. The number of ether oxygens (including phenoxy) is 2. The zero-order valence-electron chi connectivity index (χ0n) is 17.4. The van der Waals surface area contributed by atoms with Crippen LogP contribution in [0.25, 0.3) is 0 Å². The van der Waals surface area contributed by atoms with Gasteiger partial charge in [-0.25, -0.2) is 8.42 Å². The summed E-state index contributed by atoms with van der Waals surface area (Å²) >= 11 is 0. The molecule has 1 amide bonds. The van der Waals surface area contributed by atoms with Gasteiger partial charge in [0.25, 0.3) is 0 Å². The smallest absolute Gasteiger partial charge is 0.243 e. The van der Waals surface area contributed by atoms with Crippen LogP contribution in [-0.2, 0) is 14.8 Å². The predicted octanol–water partition coefficient (Wildman–Crippen LogP) is 2.74. The fourth-order valence-electron chi connectivity index (χ4n) is 2.89. The number of anilines is 1. The van der Waals surface area contributed by atoms with Crippen molar-refractivity contribution in [2.75, 3.05) is 24.3 Å². The van der Waals surface area contributed by atoms with Crippen molar-refractivity contribution in [3.05, 3.63) is 54.1 Å². The lowest BCUT2D eigenvalue weighted by Crippen LogP contribution is -2.50. The Labute approximate surface area is 172 Å². The molecule has 7 nitrogen and oxygen atoms in total. The van der Waals surface area contributed by atoms with Gasteiger partial charge >= 0.3 is 0 Å². The lowest BCUT2D eigenvalue weighted by Gasteiger charge is -2.29. The number of sulfonamides is 1. The molecule has 0 spiro atoms. The molecular weight excluding hydrogens is 392 g/mol. The van der Waals surface area contributed by atoms with E-state index in [-0.39, 0.29) is 12.6 Å². The summed E-state index contributed by atoms with van der Waals surface area (Å²) in [5.41, 5.74) is 1.36. The van der Waals surface area contributed by atoms with Crippen molar-refractivity contribution in [3.63, 3.8) is 0 Å². The molecular formula is C21H28N2O5S. The van der Waals surface area contributed by atoms with Crippen LogP contribution < -0.4 is 19.1 Å². The quantitative estimate of drug-likeness (QED) is 0.674. The molecule has 0 heterocycles. The number of hydrogen-bond acceptors (Lipinski definition) is 5. The SMILES string of the molecule is COc1cccc(N([C@H](C)C(=O)N[C@H](C)COc2ccccc2C)S(C)(=O)=O)c1. The molecule has 29 heavy (non-hydrogen) atoms. The largest absolute Gasteiger partial charge is 0.497 e. The first-order valence-electron chi connectivity index (χ1n) is 9.25. The van der Waals surface area contributed by atoms with E-state index in [0.717, 1.165) is 21.9 Å². The Morgan fingerprint density at radius 2 is 1.83 bits per heavy atom. The molecule has 0 aliphatic carbocycles. The third-order valence-corrected chi connectivity index (χ3v) is 5.61. The minimum Gasteiger partial charge on any atom is -0.497 e. The van der Waals surface area contributed by atoms with E-state index >= 15 is 0 Å². The third-order valence-electron chi connectivity index (χ3n) is 4.37. The Kier molecular flexibility index (Phi) is 7.50. The summed E-state index contributed by atoms with van der Waals surface area (Å²) in [4.78, 5) is 12.7. The number of para-hydroxylation sites is 1. The maximum Gasteiger partial charge on any atom is 0.243 e. The Balaban J connectivity index is 2.09. The molecule has 0 bridgehead atoms. The van der Waals surface area contributed by atoms with Crippen LogP contribution in [0.1, 0.15) is 19.4 Å². The molecule has 0 aliphatic rings. The van der Waals surface area contributed by atoms with Gasteiger partial charge in [0, 0.05) is 6.07 Å². The van der Waals surface area contributed by atoms with Crippen molar-refractivity contribution >= 4 is 21.6 Å². The summed E-state index contributed by atoms with van der Waals surface area (Å²) < 4.78 is 36.8. The molecule has 2 rings (SSSR count). The van der Waals surface area contributed by atoms with E-state index < -0.39 is 22.0 Å². The van der Waals surface area contributed by atoms with E-state index in [1.807, 2.05) is 31.2 Å². The second-order valence-corrected chi connectivity index (χ2v) is 8.78. The molecule has 2 atom stereocenters. The predicted molar refractivity (Wildman–Crippen MR) is 114 cm³/mol. The van der Waals surface area contributed by atoms with Gasteiger partial charge in [0.2, 0.25) is 15.9 Å². The van der Waals surface area contributed by atoms with Crippen LogP contribution in [-0.4, -0.2) is 46.4 Å². The van der Waals surface area contributed by atoms with Crippen LogP contribution in [0.4, 0.5) is 5.69 Å². The summed E-state index contributed by atoms with van der Waals surface area (Å²) in [7, 11) is -2.20. The van der Waals surface area contributed by atoms with E-state index in [2.05, 4.69) is 5.32 Å². The van der Waals surface area contributed by atoms with Gasteiger partial charge in [-0.1, -0.05) is 24.3 Å².